The minimum atomic E-state index is 0.182. The molecule has 1 aliphatic rings. The van der Waals surface area contributed by atoms with Crippen molar-refractivity contribution in [3.05, 3.63) is 194 Å². The van der Waals surface area contributed by atoms with Crippen LogP contribution in [-0.2, 0) is 0 Å². The fourth-order valence-electron chi connectivity index (χ4n) is 8.31. The number of fused-ring (bicyclic) bond motifs is 5. The summed E-state index contributed by atoms with van der Waals surface area (Å²) in [5.41, 5.74) is 11.9. The summed E-state index contributed by atoms with van der Waals surface area (Å²) in [6.07, 6.45) is 8.95. The molecule has 2 unspecified atom stereocenters. The van der Waals surface area contributed by atoms with Gasteiger partial charge in [0.2, 0.25) is 5.95 Å². The molecule has 10 rings (SSSR count). The molecule has 0 saturated heterocycles. The minimum Gasteiger partial charge on any atom is -0.277 e. The van der Waals surface area contributed by atoms with Crippen molar-refractivity contribution >= 4 is 45.2 Å². The Morgan fingerprint density at radius 1 is 0.491 bits per heavy atom. The molecule has 0 N–H and O–H groups in total. The molecular formula is C51H37N3S. The first kappa shape index (κ1) is 33.1. The molecule has 0 aliphatic heterocycles. The Morgan fingerprint density at radius 2 is 1.00 bits per heavy atom. The molecule has 0 saturated carbocycles. The van der Waals surface area contributed by atoms with E-state index in [0.29, 0.717) is 11.9 Å². The van der Waals surface area contributed by atoms with E-state index in [0.717, 1.165) is 65.7 Å². The summed E-state index contributed by atoms with van der Waals surface area (Å²) in [6, 6.07) is 57.9. The SMILES string of the molecule is CC1C=CC=CC1c1c(S)c2c3cc(-c4ccc(-c5ccccc5)cc4)ccc3n(-c3nc(-c4ccccc4)cc(-c4ccccc4)n3)c2c2ccccc12. The topological polar surface area (TPSA) is 30.7 Å². The van der Waals surface area contributed by atoms with Gasteiger partial charge in [-0.15, -0.1) is 12.6 Å². The molecule has 9 aromatic rings. The zero-order valence-corrected chi connectivity index (χ0v) is 31.2. The third kappa shape index (κ3) is 5.78. The normalized spacial score (nSPS) is 15.3. The van der Waals surface area contributed by atoms with Crippen LogP contribution in [0.1, 0.15) is 18.4 Å². The summed E-state index contributed by atoms with van der Waals surface area (Å²) in [6.45, 7) is 2.30. The first-order valence-electron chi connectivity index (χ1n) is 18.9. The number of aromatic nitrogens is 3. The van der Waals surface area contributed by atoms with Gasteiger partial charge in [-0.2, -0.15) is 0 Å². The summed E-state index contributed by atoms with van der Waals surface area (Å²) < 4.78 is 2.28. The molecule has 3 nitrogen and oxygen atoms in total. The molecule has 4 heteroatoms. The van der Waals surface area contributed by atoms with Gasteiger partial charge in [-0.1, -0.05) is 177 Å². The number of rotatable bonds is 6. The molecule has 7 aromatic carbocycles. The Kier molecular flexibility index (Phi) is 8.27. The zero-order valence-electron chi connectivity index (χ0n) is 30.3. The average molecular weight is 724 g/mol. The van der Waals surface area contributed by atoms with Crippen LogP contribution in [0.15, 0.2) is 193 Å². The third-order valence-electron chi connectivity index (χ3n) is 11.1. The molecule has 2 atom stereocenters. The fourth-order valence-corrected chi connectivity index (χ4v) is 8.80. The number of hydrogen-bond acceptors (Lipinski definition) is 3. The maximum Gasteiger partial charge on any atom is 0.235 e. The van der Waals surface area contributed by atoms with Crippen LogP contribution in [0.5, 0.6) is 0 Å². The zero-order chi connectivity index (χ0) is 36.9. The Bertz CT molecular complexity index is 2870. The van der Waals surface area contributed by atoms with Crippen molar-refractivity contribution in [1.29, 1.82) is 0 Å². The van der Waals surface area contributed by atoms with Gasteiger partial charge in [0.25, 0.3) is 0 Å². The maximum atomic E-state index is 5.51. The molecular weight excluding hydrogens is 687 g/mol. The van der Waals surface area contributed by atoms with Crippen LogP contribution in [-0.4, -0.2) is 14.5 Å². The molecule has 0 bridgehead atoms. The summed E-state index contributed by atoms with van der Waals surface area (Å²) >= 11 is 5.51. The summed E-state index contributed by atoms with van der Waals surface area (Å²) in [5, 5.41) is 4.58. The second-order valence-corrected chi connectivity index (χ2v) is 14.8. The van der Waals surface area contributed by atoms with Crippen molar-refractivity contribution in [2.24, 2.45) is 5.92 Å². The predicted octanol–water partition coefficient (Wildman–Crippen LogP) is 13.5. The van der Waals surface area contributed by atoms with E-state index in [-0.39, 0.29) is 5.92 Å². The number of allylic oxidation sites excluding steroid dienone is 4. The number of benzene rings is 7. The van der Waals surface area contributed by atoms with Crippen LogP contribution in [0.25, 0.3) is 83.3 Å². The molecule has 1 aliphatic carbocycles. The Morgan fingerprint density at radius 3 is 1.62 bits per heavy atom. The van der Waals surface area contributed by atoms with Crippen LogP contribution in [0.2, 0.25) is 0 Å². The predicted molar refractivity (Wildman–Crippen MR) is 233 cm³/mol. The molecule has 2 heterocycles. The van der Waals surface area contributed by atoms with Crippen LogP contribution < -0.4 is 0 Å². The van der Waals surface area contributed by atoms with Crippen molar-refractivity contribution in [2.75, 3.05) is 0 Å². The molecule has 0 fully saturated rings. The van der Waals surface area contributed by atoms with Crippen molar-refractivity contribution in [1.82, 2.24) is 14.5 Å². The van der Waals surface area contributed by atoms with Crippen molar-refractivity contribution in [3.63, 3.8) is 0 Å². The quantitative estimate of drug-likeness (QED) is 0.173. The minimum absolute atomic E-state index is 0.182. The lowest BCUT2D eigenvalue weighted by Crippen LogP contribution is -2.10. The van der Waals surface area contributed by atoms with E-state index in [9.17, 15) is 0 Å². The van der Waals surface area contributed by atoms with Crippen LogP contribution in [0.3, 0.4) is 0 Å². The van der Waals surface area contributed by atoms with Crippen LogP contribution in [0.4, 0.5) is 0 Å². The van der Waals surface area contributed by atoms with Gasteiger partial charge in [0, 0.05) is 38.1 Å². The maximum absolute atomic E-state index is 5.51. The lowest BCUT2D eigenvalue weighted by atomic mass is 9.81. The van der Waals surface area contributed by atoms with E-state index in [1.165, 1.54) is 22.1 Å². The van der Waals surface area contributed by atoms with E-state index in [4.69, 9.17) is 22.6 Å². The molecule has 55 heavy (non-hydrogen) atoms. The number of hydrogen-bond donors (Lipinski definition) is 1. The highest BCUT2D eigenvalue weighted by Crippen LogP contribution is 2.47. The van der Waals surface area contributed by atoms with E-state index in [2.05, 4.69) is 187 Å². The molecule has 0 spiro atoms. The van der Waals surface area contributed by atoms with Gasteiger partial charge < -0.3 is 0 Å². The largest absolute Gasteiger partial charge is 0.277 e. The lowest BCUT2D eigenvalue weighted by molar-refractivity contribution is 0.632. The van der Waals surface area contributed by atoms with Gasteiger partial charge in [-0.3, -0.25) is 4.57 Å². The van der Waals surface area contributed by atoms with Crippen LogP contribution >= 0.6 is 12.6 Å². The molecule has 0 radical (unpaired) electrons. The molecule has 262 valence electrons. The Labute approximate surface area is 326 Å². The average Bonchev–Trinajstić information content (AvgIpc) is 3.60. The monoisotopic (exact) mass is 723 g/mol. The smallest absolute Gasteiger partial charge is 0.235 e. The van der Waals surface area contributed by atoms with Gasteiger partial charge in [0.05, 0.1) is 22.4 Å². The van der Waals surface area contributed by atoms with Gasteiger partial charge >= 0.3 is 0 Å². The second-order valence-electron chi connectivity index (χ2n) is 14.4. The van der Waals surface area contributed by atoms with Gasteiger partial charge in [0.1, 0.15) is 0 Å². The number of nitrogens with zero attached hydrogens (tertiary/aromatic N) is 3. The lowest BCUT2D eigenvalue weighted by Gasteiger charge is -2.25. The third-order valence-corrected chi connectivity index (χ3v) is 11.5. The van der Waals surface area contributed by atoms with Gasteiger partial charge in [-0.25, -0.2) is 9.97 Å². The number of thiol groups is 1. The first-order valence-corrected chi connectivity index (χ1v) is 19.3. The summed E-state index contributed by atoms with van der Waals surface area (Å²) in [4.78, 5) is 11.7. The summed E-state index contributed by atoms with van der Waals surface area (Å²) in [5.74, 6) is 1.13. The standard InChI is InChI=1S/C51H37N3S/c1-33-15-11-12-22-40(33)47-41-23-13-14-24-42(41)49-48(50(47)55)43-31-39(36-27-25-35(26-28-36)34-16-5-2-6-17-34)29-30-46(43)54(49)51-52-44(37-18-7-3-8-19-37)32-45(53-51)38-20-9-4-10-21-38/h2-33,40,55H,1H3. The van der Waals surface area contributed by atoms with E-state index in [1.807, 2.05) is 12.1 Å². The second kappa shape index (κ2) is 13.7. The van der Waals surface area contributed by atoms with Gasteiger partial charge in [-0.05, 0) is 57.3 Å². The van der Waals surface area contributed by atoms with Crippen LogP contribution in [0, 0.1) is 5.92 Å². The van der Waals surface area contributed by atoms with Crippen molar-refractivity contribution in [2.45, 2.75) is 17.7 Å². The van der Waals surface area contributed by atoms with E-state index >= 15 is 0 Å². The van der Waals surface area contributed by atoms with E-state index in [1.54, 1.807) is 0 Å². The molecule has 0 amide bonds. The van der Waals surface area contributed by atoms with Crippen molar-refractivity contribution < 1.29 is 0 Å². The highest BCUT2D eigenvalue weighted by molar-refractivity contribution is 7.80. The Hall–Kier alpha value is -6.49. The Balaban J connectivity index is 1.29. The van der Waals surface area contributed by atoms with Gasteiger partial charge in [0.15, 0.2) is 0 Å². The highest BCUT2D eigenvalue weighted by atomic mass is 32.1. The molecule has 2 aromatic heterocycles. The first-order chi connectivity index (χ1) is 27.1. The van der Waals surface area contributed by atoms with Crippen molar-refractivity contribution in [3.8, 4) is 50.7 Å². The fraction of sp³-hybridized carbons (Fsp3) is 0.0588. The highest BCUT2D eigenvalue weighted by Gasteiger charge is 2.28. The summed E-state index contributed by atoms with van der Waals surface area (Å²) in [7, 11) is 0. The van der Waals surface area contributed by atoms with E-state index < -0.39 is 0 Å².